The van der Waals surface area contributed by atoms with Gasteiger partial charge in [0, 0.05) is 12.0 Å². The maximum absolute atomic E-state index is 12.0. The Labute approximate surface area is 135 Å². The van der Waals surface area contributed by atoms with Gasteiger partial charge < -0.3 is 15.5 Å². The number of nitrogens with zero attached hydrogens (tertiary/aromatic N) is 1. The van der Waals surface area contributed by atoms with Gasteiger partial charge >= 0.3 is 0 Å². The lowest BCUT2D eigenvalue weighted by Crippen LogP contribution is -2.48. The highest BCUT2D eigenvalue weighted by Gasteiger charge is 2.24. The molecule has 1 aliphatic heterocycles. The number of nitrogens with one attached hydrogen (secondary N) is 2. The second kappa shape index (κ2) is 9.13. The van der Waals surface area contributed by atoms with E-state index in [1.54, 1.807) is 6.92 Å². The normalized spacial score (nSPS) is 18.4. The first-order valence-corrected chi connectivity index (χ1v) is 8.62. The highest BCUT2D eigenvalue weighted by Crippen LogP contribution is 2.12. The molecule has 1 fully saturated rings. The minimum atomic E-state index is -0.482. The molecule has 5 heteroatoms. The summed E-state index contributed by atoms with van der Waals surface area (Å²) in [6.45, 7) is 11.3. The van der Waals surface area contributed by atoms with Crippen LogP contribution in [-0.4, -0.2) is 48.9 Å². The molecule has 2 amide bonds. The van der Waals surface area contributed by atoms with Crippen LogP contribution in [0.3, 0.4) is 0 Å². The Morgan fingerprint density at radius 2 is 1.68 bits per heavy atom. The molecule has 0 aliphatic carbocycles. The first kappa shape index (κ1) is 18.9. The van der Waals surface area contributed by atoms with Crippen LogP contribution in [-0.2, 0) is 9.59 Å². The molecular formula is C17H33N3O2. The molecule has 0 aromatic heterocycles. The van der Waals surface area contributed by atoms with E-state index >= 15 is 0 Å². The van der Waals surface area contributed by atoms with E-state index in [0.29, 0.717) is 6.54 Å². The van der Waals surface area contributed by atoms with Gasteiger partial charge in [0.15, 0.2) is 0 Å². The van der Waals surface area contributed by atoms with Crippen LogP contribution in [0.4, 0.5) is 0 Å². The largest absolute Gasteiger partial charge is 0.354 e. The van der Waals surface area contributed by atoms with Gasteiger partial charge in [0.1, 0.15) is 6.04 Å². The van der Waals surface area contributed by atoms with Crippen LogP contribution in [0.15, 0.2) is 0 Å². The quantitative estimate of drug-likeness (QED) is 0.737. The van der Waals surface area contributed by atoms with E-state index in [9.17, 15) is 9.59 Å². The topological polar surface area (TPSA) is 61.4 Å². The molecule has 1 rings (SSSR count). The minimum Gasteiger partial charge on any atom is -0.354 e. The molecule has 0 spiro atoms. The zero-order valence-electron chi connectivity index (χ0n) is 14.7. The molecule has 22 heavy (non-hydrogen) atoms. The van der Waals surface area contributed by atoms with Crippen molar-refractivity contribution < 1.29 is 9.59 Å². The Hall–Kier alpha value is -1.10. The van der Waals surface area contributed by atoms with E-state index in [1.807, 2.05) is 20.8 Å². The van der Waals surface area contributed by atoms with Crippen molar-refractivity contribution in [3.8, 4) is 0 Å². The lowest BCUT2D eigenvalue weighted by Gasteiger charge is -2.22. The van der Waals surface area contributed by atoms with E-state index < -0.39 is 11.5 Å². The molecule has 1 aliphatic rings. The molecule has 0 saturated carbocycles. The van der Waals surface area contributed by atoms with Crippen molar-refractivity contribution in [2.45, 2.75) is 65.8 Å². The summed E-state index contributed by atoms with van der Waals surface area (Å²) in [7, 11) is 0. The third kappa shape index (κ3) is 7.25. The number of hydrogen-bond acceptors (Lipinski definition) is 3. The zero-order valence-corrected chi connectivity index (χ0v) is 14.7. The predicted octanol–water partition coefficient (Wildman–Crippen LogP) is 1.92. The first-order chi connectivity index (χ1) is 10.3. The lowest BCUT2D eigenvalue weighted by atomic mass is 9.95. The summed E-state index contributed by atoms with van der Waals surface area (Å²) in [5.41, 5.74) is -0.471. The predicted molar refractivity (Wildman–Crippen MR) is 89.6 cm³/mol. The monoisotopic (exact) mass is 311 g/mol. The van der Waals surface area contributed by atoms with Crippen molar-refractivity contribution in [1.29, 1.82) is 0 Å². The van der Waals surface area contributed by atoms with Crippen molar-refractivity contribution in [2.24, 2.45) is 5.41 Å². The molecule has 1 unspecified atom stereocenters. The summed E-state index contributed by atoms with van der Waals surface area (Å²) in [4.78, 5) is 26.3. The third-order valence-electron chi connectivity index (χ3n) is 4.07. The van der Waals surface area contributed by atoms with Crippen LogP contribution in [0.25, 0.3) is 0 Å². The van der Waals surface area contributed by atoms with Gasteiger partial charge in [0.25, 0.3) is 0 Å². The number of rotatable bonds is 6. The molecule has 1 atom stereocenters. The molecule has 0 aromatic carbocycles. The molecule has 5 nitrogen and oxygen atoms in total. The number of amides is 2. The molecule has 128 valence electrons. The van der Waals surface area contributed by atoms with Crippen LogP contribution in [0.5, 0.6) is 0 Å². The minimum absolute atomic E-state index is 0.0975. The van der Waals surface area contributed by atoms with Gasteiger partial charge in [-0.3, -0.25) is 9.59 Å². The summed E-state index contributed by atoms with van der Waals surface area (Å²) in [6, 6.07) is -0.482. The molecule has 2 N–H and O–H groups in total. The number of carbonyl (C=O) groups excluding carboxylic acids is 2. The highest BCUT2D eigenvalue weighted by molar-refractivity contribution is 5.89. The second-order valence-corrected chi connectivity index (χ2v) is 7.35. The average molecular weight is 311 g/mol. The van der Waals surface area contributed by atoms with Crippen molar-refractivity contribution in [1.82, 2.24) is 15.5 Å². The van der Waals surface area contributed by atoms with Crippen molar-refractivity contribution >= 4 is 11.8 Å². The summed E-state index contributed by atoms with van der Waals surface area (Å²) in [6.07, 6.45) is 6.24. The van der Waals surface area contributed by atoms with Gasteiger partial charge in [0.05, 0.1) is 0 Å². The maximum atomic E-state index is 12.0. The van der Waals surface area contributed by atoms with Crippen molar-refractivity contribution in [3.05, 3.63) is 0 Å². The molecule has 0 bridgehead atoms. The summed E-state index contributed by atoms with van der Waals surface area (Å²) in [5, 5.41) is 5.67. The Kier molecular flexibility index (Phi) is 7.87. The van der Waals surface area contributed by atoms with Gasteiger partial charge in [-0.15, -0.1) is 0 Å². The molecule has 1 saturated heterocycles. The Morgan fingerprint density at radius 3 is 2.23 bits per heavy atom. The highest BCUT2D eigenvalue weighted by atomic mass is 16.2. The van der Waals surface area contributed by atoms with Crippen molar-refractivity contribution in [3.63, 3.8) is 0 Å². The standard InChI is InChI=1S/C17H33N3O2/c1-14(19-16(22)17(2,3)4)15(21)18-10-9-13-20-11-7-5-6-8-12-20/h14H,5-13H2,1-4H3,(H,18,21)(H,19,22). The lowest BCUT2D eigenvalue weighted by molar-refractivity contribution is -0.133. The fraction of sp³-hybridized carbons (Fsp3) is 0.882. The van der Waals surface area contributed by atoms with Gasteiger partial charge in [0.2, 0.25) is 11.8 Å². The van der Waals surface area contributed by atoms with E-state index in [2.05, 4.69) is 15.5 Å². The Bertz CT molecular complexity index is 355. The van der Waals surface area contributed by atoms with Gasteiger partial charge in [-0.25, -0.2) is 0 Å². The smallest absolute Gasteiger partial charge is 0.242 e. The van der Waals surface area contributed by atoms with Gasteiger partial charge in [-0.05, 0) is 45.8 Å². The summed E-state index contributed by atoms with van der Waals surface area (Å²) >= 11 is 0. The second-order valence-electron chi connectivity index (χ2n) is 7.35. The SMILES string of the molecule is CC(NC(=O)C(C)(C)C)C(=O)NCCCN1CCCCCC1. The fourth-order valence-corrected chi connectivity index (χ4v) is 2.51. The first-order valence-electron chi connectivity index (χ1n) is 8.62. The van der Waals surface area contributed by atoms with Gasteiger partial charge in [-0.1, -0.05) is 33.6 Å². The third-order valence-corrected chi connectivity index (χ3v) is 4.07. The van der Waals surface area contributed by atoms with Gasteiger partial charge in [-0.2, -0.15) is 0 Å². The van der Waals surface area contributed by atoms with Crippen LogP contribution >= 0.6 is 0 Å². The summed E-state index contributed by atoms with van der Waals surface area (Å²) < 4.78 is 0. The molecule has 0 radical (unpaired) electrons. The van der Waals surface area contributed by atoms with E-state index in [-0.39, 0.29) is 11.8 Å². The zero-order chi connectivity index (χ0) is 16.6. The molecular weight excluding hydrogens is 278 g/mol. The fourth-order valence-electron chi connectivity index (χ4n) is 2.51. The van der Waals surface area contributed by atoms with Crippen LogP contribution < -0.4 is 10.6 Å². The number of hydrogen-bond donors (Lipinski definition) is 2. The number of likely N-dealkylation sites (tertiary alicyclic amines) is 1. The van der Waals surface area contributed by atoms with Crippen LogP contribution in [0.1, 0.15) is 59.8 Å². The van der Waals surface area contributed by atoms with E-state index in [0.717, 1.165) is 13.0 Å². The van der Waals surface area contributed by atoms with E-state index in [4.69, 9.17) is 0 Å². The summed E-state index contributed by atoms with van der Waals surface area (Å²) in [5.74, 6) is -0.201. The molecule has 0 aromatic rings. The molecule has 1 heterocycles. The van der Waals surface area contributed by atoms with E-state index in [1.165, 1.54) is 38.8 Å². The Balaban J connectivity index is 2.18. The van der Waals surface area contributed by atoms with Crippen LogP contribution in [0.2, 0.25) is 0 Å². The number of carbonyl (C=O) groups is 2. The van der Waals surface area contributed by atoms with Crippen LogP contribution in [0, 0.1) is 5.41 Å². The van der Waals surface area contributed by atoms with Crippen molar-refractivity contribution in [2.75, 3.05) is 26.2 Å². The average Bonchev–Trinajstić information content (AvgIpc) is 2.70. The maximum Gasteiger partial charge on any atom is 0.242 e. The Morgan fingerprint density at radius 1 is 1.09 bits per heavy atom.